The number of hydrogen-bond donors (Lipinski definition) is 7. The van der Waals surface area contributed by atoms with Gasteiger partial charge in [-0.3, -0.25) is 0 Å². The first-order valence-electron chi connectivity index (χ1n) is 7.42. The third-order valence-corrected chi connectivity index (χ3v) is 4.55. The summed E-state index contributed by atoms with van der Waals surface area (Å²) >= 11 is 0. The minimum Gasteiger partial charge on any atom is -0.394 e. The van der Waals surface area contributed by atoms with Crippen molar-refractivity contribution in [2.75, 3.05) is 20.3 Å². The predicted octanol–water partition coefficient (Wildman–Crippen LogP) is -4.14. The molecule has 0 radical (unpaired) electrons. The van der Waals surface area contributed by atoms with E-state index in [1.165, 1.54) is 14.0 Å². The Morgan fingerprint density at radius 1 is 1.13 bits per heavy atom. The molecule has 2 fully saturated rings. The maximum atomic E-state index is 10.4. The van der Waals surface area contributed by atoms with Crippen LogP contribution >= 0.6 is 0 Å². The third kappa shape index (κ3) is 3.24. The lowest BCUT2D eigenvalue weighted by Gasteiger charge is -2.44. The molecule has 2 rings (SSSR count). The summed E-state index contributed by atoms with van der Waals surface area (Å²) in [6.45, 7) is 0.190. The topological polar surface area (TPSA) is 161 Å². The average Bonchev–Trinajstić information content (AvgIpc) is 2.74. The molecule has 0 aromatic carbocycles. The van der Waals surface area contributed by atoms with Gasteiger partial charge in [0.25, 0.3) is 0 Å². The highest BCUT2D eigenvalue weighted by Crippen LogP contribution is 2.34. The zero-order valence-electron chi connectivity index (χ0n) is 12.9. The normalized spacial score (nSPS) is 51.1. The van der Waals surface area contributed by atoms with Crippen molar-refractivity contribution in [3.8, 4) is 0 Å². The van der Waals surface area contributed by atoms with Crippen molar-refractivity contribution >= 4 is 0 Å². The van der Waals surface area contributed by atoms with Gasteiger partial charge in [-0.25, -0.2) is 0 Å². The molecular weight excluding hydrogens is 314 g/mol. The number of nitrogens with one attached hydrogen (secondary N) is 1. The summed E-state index contributed by atoms with van der Waals surface area (Å²) in [5.41, 5.74) is -1.86. The first kappa shape index (κ1) is 18.9. The molecule has 7 N–H and O–H groups in total. The molecule has 10 heteroatoms. The van der Waals surface area contributed by atoms with Gasteiger partial charge in [0, 0.05) is 0 Å². The lowest BCUT2D eigenvalue weighted by atomic mass is 9.93. The van der Waals surface area contributed by atoms with E-state index in [-0.39, 0.29) is 0 Å². The fourth-order valence-corrected chi connectivity index (χ4v) is 2.93. The van der Waals surface area contributed by atoms with Crippen LogP contribution in [-0.2, 0) is 14.2 Å². The maximum Gasteiger partial charge on any atom is 0.184 e. The number of rotatable bonds is 5. The standard InChI is InChI=1S/C13H25NO9/c1-5-13(20,4-16)10(11(19)21-5)23-12-7(14-2)9(18)8(17)6(3-15)22-12/h5-12,14-20H,3-4H2,1-2H3. The van der Waals surface area contributed by atoms with Gasteiger partial charge in [0.05, 0.1) is 25.4 Å². The molecule has 0 aromatic rings. The number of hydrogen-bond acceptors (Lipinski definition) is 10. The Balaban J connectivity index is 2.19. The highest BCUT2D eigenvalue weighted by molar-refractivity contribution is 5.01. The Hall–Kier alpha value is -0.400. The molecule has 9 atom stereocenters. The number of ether oxygens (including phenoxy) is 3. The van der Waals surface area contributed by atoms with Gasteiger partial charge in [-0.05, 0) is 14.0 Å². The van der Waals surface area contributed by atoms with Crippen LogP contribution in [0.2, 0.25) is 0 Å². The Kier molecular flexibility index (Phi) is 5.95. The summed E-state index contributed by atoms with van der Waals surface area (Å²) in [6.07, 6.45) is -8.70. The lowest BCUT2D eigenvalue weighted by Crippen LogP contribution is -2.65. The van der Waals surface area contributed by atoms with Crippen LogP contribution in [0.3, 0.4) is 0 Å². The summed E-state index contributed by atoms with van der Waals surface area (Å²) < 4.78 is 16.0. The molecule has 23 heavy (non-hydrogen) atoms. The van der Waals surface area contributed by atoms with Crippen molar-refractivity contribution in [3.05, 3.63) is 0 Å². The highest BCUT2D eigenvalue weighted by atomic mass is 16.7. The highest BCUT2D eigenvalue weighted by Gasteiger charge is 2.56. The number of aliphatic hydroxyl groups is 6. The average molecular weight is 339 g/mol. The fourth-order valence-electron chi connectivity index (χ4n) is 2.93. The van der Waals surface area contributed by atoms with Crippen molar-refractivity contribution < 1.29 is 44.8 Å². The van der Waals surface area contributed by atoms with Gasteiger partial charge in [-0.2, -0.15) is 0 Å². The first-order valence-corrected chi connectivity index (χ1v) is 7.42. The Morgan fingerprint density at radius 2 is 1.78 bits per heavy atom. The summed E-state index contributed by atoms with van der Waals surface area (Å²) in [5.74, 6) is 0. The van der Waals surface area contributed by atoms with Crippen LogP contribution in [0.15, 0.2) is 0 Å². The quantitative estimate of drug-likeness (QED) is 0.262. The van der Waals surface area contributed by atoms with E-state index in [4.69, 9.17) is 14.2 Å². The molecule has 0 bridgehead atoms. The molecule has 0 spiro atoms. The number of likely N-dealkylation sites (N-methyl/N-ethyl adjacent to an activating group) is 1. The summed E-state index contributed by atoms with van der Waals surface area (Å²) in [5, 5.41) is 61.7. The zero-order chi connectivity index (χ0) is 17.4. The molecule has 2 aliphatic heterocycles. The van der Waals surface area contributed by atoms with E-state index in [1.54, 1.807) is 0 Å². The Labute approximate surface area is 133 Å². The fraction of sp³-hybridized carbons (Fsp3) is 1.00. The second kappa shape index (κ2) is 7.23. The van der Waals surface area contributed by atoms with E-state index in [0.717, 1.165) is 0 Å². The molecule has 0 aromatic heterocycles. The van der Waals surface area contributed by atoms with E-state index in [2.05, 4.69) is 5.32 Å². The Morgan fingerprint density at radius 3 is 2.30 bits per heavy atom. The molecule has 0 aliphatic carbocycles. The van der Waals surface area contributed by atoms with Gasteiger partial charge in [0.2, 0.25) is 0 Å². The summed E-state index contributed by atoms with van der Waals surface area (Å²) in [7, 11) is 1.50. The predicted molar refractivity (Wildman–Crippen MR) is 74.1 cm³/mol. The van der Waals surface area contributed by atoms with Crippen molar-refractivity contribution in [1.82, 2.24) is 5.32 Å². The van der Waals surface area contributed by atoms with E-state index in [1.807, 2.05) is 0 Å². The molecule has 136 valence electrons. The summed E-state index contributed by atoms with van der Waals surface area (Å²) in [4.78, 5) is 0. The second-order valence-corrected chi connectivity index (χ2v) is 5.90. The van der Waals surface area contributed by atoms with E-state index in [0.29, 0.717) is 0 Å². The van der Waals surface area contributed by atoms with Crippen molar-refractivity contribution in [2.24, 2.45) is 0 Å². The minimum absolute atomic E-state index is 0.557. The van der Waals surface area contributed by atoms with Crippen LogP contribution in [-0.4, -0.2) is 106 Å². The SMILES string of the molecule is CNC1C(OC2C(O)OC(C)C2(O)CO)OC(CO)C(O)C1O. The van der Waals surface area contributed by atoms with Gasteiger partial charge < -0.3 is 50.2 Å². The molecule has 0 amide bonds. The third-order valence-electron chi connectivity index (χ3n) is 4.55. The second-order valence-electron chi connectivity index (χ2n) is 5.90. The number of aliphatic hydroxyl groups excluding tert-OH is 5. The Bertz CT molecular complexity index is 400. The van der Waals surface area contributed by atoms with Crippen LogP contribution in [0.25, 0.3) is 0 Å². The summed E-state index contributed by atoms with van der Waals surface area (Å²) in [6, 6.07) is -0.890. The molecule has 2 heterocycles. The largest absolute Gasteiger partial charge is 0.394 e. The van der Waals surface area contributed by atoms with Gasteiger partial charge >= 0.3 is 0 Å². The smallest absolute Gasteiger partial charge is 0.184 e. The van der Waals surface area contributed by atoms with Gasteiger partial charge in [0.1, 0.15) is 30.0 Å². The van der Waals surface area contributed by atoms with E-state index in [9.17, 15) is 30.6 Å². The maximum absolute atomic E-state index is 10.4. The lowest BCUT2D eigenvalue weighted by molar-refractivity contribution is -0.306. The van der Waals surface area contributed by atoms with Crippen LogP contribution in [0, 0.1) is 0 Å². The van der Waals surface area contributed by atoms with Gasteiger partial charge in [-0.1, -0.05) is 0 Å². The van der Waals surface area contributed by atoms with Gasteiger partial charge in [0.15, 0.2) is 12.6 Å². The molecular formula is C13H25NO9. The molecule has 9 unspecified atom stereocenters. The monoisotopic (exact) mass is 339 g/mol. The zero-order valence-corrected chi connectivity index (χ0v) is 12.9. The molecule has 10 nitrogen and oxygen atoms in total. The molecule has 0 saturated carbocycles. The van der Waals surface area contributed by atoms with E-state index < -0.39 is 68.0 Å². The first-order chi connectivity index (χ1) is 10.8. The van der Waals surface area contributed by atoms with Crippen LogP contribution < -0.4 is 5.32 Å². The minimum atomic E-state index is -1.86. The van der Waals surface area contributed by atoms with Crippen LogP contribution in [0.4, 0.5) is 0 Å². The molecule has 2 saturated heterocycles. The van der Waals surface area contributed by atoms with Crippen molar-refractivity contribution in [2.45, 2.75) is 61.7 Å². The van der Waals surface area contributed by atoms with Gasteiger partial charge in [-0.15, -0.1) is 0 Å². The molecule has 2 aliphatic rings. The van der Waals surface area contributed by atoms with Crippen molar-refractivity contribution in [1.29, 1.82) is 0 Å². The van der Waals surface area contributed by atoms with E-state index >= 15 is 0 Å². The van der Waals surface area contributed by atoms with Crippen molar-refractivity contribution in [3.63, 3.8) is 0 Å². The van der Waals surface area contributed by atoms with Crippen LogP contribution in [0.1, 0.15) is 6.92 Å². The van der Waals surface area contributed by atoms with Crippen LogP contribution in [0.5, 0.6) is 0 Å².